The van der Waals surface area contributed by atoms with E-state index in [9.17, 15) is 4.79 Å². The molecular formula is C24H20N2O3. The number of para-hydroxylation sites is 2. The van der Waals surface area contributed by atoms with E-state index < -0.39 is 0 Å². The maximum atomic E-state index is 13.3. The highest BCUT2D eigenvalue weighted by atomic mass is 16.5. The first-order chi connectivity index (χ1) is 14.3. The van der Waals surface area contributed by atoms with Crippen molar-refractivity contribution < 1.29 is 14.1 Å². The molecule has 4 rings (SSSR count). The Morgan fingerprint density at radius 2 is 1.48 bits per heavy atom. The summed E-state index contributed by atoms with van der Waals surface area (Å²) >= 11 is 0. The molecule has 0 N–H and O–H groups in total. The van der Waals surface area contributed by atoms with Crippen molar-refractivity contribution >= 4 is 17.3 Å². The second-order valence-electron chi connectivity index (χ2n) is 6.35. The molecule has 5 nitrogen and oxygen atoms in total. The van der Waals surface area contributed by atoms with Gasteiger partial charge in [0.05, 0.1) is 6.61 Å². The van der Waals surface area contributed by atoms with Crippen molar-refractivity contribution in [2.75, 3.05) is 11.5 Å². The van der Waals surface area contributed by atoms with E-state index in [0.29, 0.717) is 12.4 Å². The standard InChI is InChI=1S/C24H20N2O3/c1-2-28-21-15-13-18(14-16-21)23-17-22(25-29-23)24(27)26(19-9-5-3-6-10-19)20-11-7-4-8-12-20/h3-17H,2H2,1H3. The van der Waals surface area contributed by atoms with Crippen molar-refractivity contribution in [2.45, 2.75) is 6.92 Å². The van der Waals surface area contributed by atoms with Gasteiger partial charge in [-0.15, -0.1) is 0 Å². The zero-order valence-electron chi connectivity index (χ0n) is 16.0. The van der Waals surface area contributed by atoms with Crippen LogP contribution in [0.15, 0.2) is 95.5 Å². The summed E-state index contributed by atoms with van der Waals surface area (Å²) in [5.74, 6) is 1.05. The van der Waals surface area contributed by atoms with Crippen molar-refractivity contribution in [2.24, 2.45) is 0 Å². The Balaban J connectivity index is 1.65. The van der Waals surface area contributed by atoms with Gasteiger partial charge in [-0.25, -0.2) is 0 Å². The van der Waals surface area contributed by atoms with Crippen LogP contribution in [0.4, 0.5) is 11.4 Å². The van der Waals surface area contributed by atoms with Crippen LogP contribution in [0.3, 0.4) is 0 Å². The number of nitrogens with zero attached hydrogens (tertiary/aromatic N) is 2. The van der Waals surface area contributed by atoms with Crippen molar-refractivity contribution in [3.8, 4) is 17.1 Å². The molecule has 0 bridgehead atoms. The lowest BCUT2D eigenvalue weighted by Gasteiger charge is -2.21. The van der Waals surface area contributed by atoms with Gasteiger partial charge in [0, 0.05) is 23.0 Å². The zero-order valence-corrected chi connectivity index (χ0v) is 16.0. The molecule has 0 spiro atoms. The summed E-state index contributed by atoms with van der Waals surface area (Å²) in [5.41, 5.74) is 2.58. The fourth-order valence-electron chi connectivity index (χ4n) is 3.05. The molecule has 0 saturated heterocycles. The third kappa shape index (κ3) is 4.04. The summed E-state index contributed by atoms with van der Waals surface area (Å²) in [4.78, 5) is 14.9. The Bertz CT molecular complexity index is 1030. The lowest BCUT2D eigenvalue weighted by atomic mass is 10.1. The molecule has 0 saturated carbocycles. The van der Waals surface area contributed by atoms with Crippen LogP contribution in [-0.4, -0.2) is 17.7 Å². The molecule has 0 fully saturated rings. The van der Waals surface area contributed by atoms with E-state index in [1.165, 1.54) is 0 Å². The van der Waals surface area contributed by atoms with Crippen LogP contribution < -0.4 is 9.64 Å². The number of rotatable bonds is 6. The van der Waals surface area contributed by atoms with E-state index in [1.807, 2.05) is 91.9 Å². The van der Waals surface area contributed by atoms with Gasteiger partial charge in [-0.1, -0.05) is 41.6 Å². The van der Waals surface area contributed by atoms with Crippen molar-refractivity contribution in [3.05, 3.63) is 96.7 Å². The lowest BCUT2D eigenvalue weighted by molar-refractivity contribution is 0.0990. The zero-order chi connectivity index (χ0) is 20.1. The van der Waals surface area contributed by atoms with Crippen LogP contribution in [0, 0.1) is 0 Å². The highest BCUT2D eigenvalue weighted by Crippen LogP contribution is 2.29. The predicted molar refractivity (Wildman–Crippen MR) is 112 cm³/mol. The maximum absolute atomic E-state index is 13.3. The Morgan fingerprint density at radius 3 is 2.03 bits per heavy atom. The van der Waals surface area contributed by atoms with Crippen LogP contribution in [0.5, 0.6) is 5.75 Å². The van der Waals surface area contributed by atoms with Gasteiger partial charge in [-0.2, -0.15) is 0 Å². The molecule has 0 atom stereocenters. The summed E-state index contributed by atoms with van der Waals surface area (Å²) in [6.45, 7) is 2.54. The van der Waals surface area contributed by atoms with E-state index in [1.54, 1.807) is 11.0 Å². The number of hydrogen-bond donors (Lipinski definition) is 0. The molecule has 0 radical (unpaired) electrons. The van der Waals surface area contributed by atoms with Crippen LogP contribution in [-0.2, 0) is 0 Å². The summed E-state index contributed by atoms with van der Waals surface area (Å²) < 4.78 is 10.9. The second-order valence-corrected chi connectivity index (χ2v) is 6.35. The molecule has 0 aliphatic rings. The Labute approximate surface area is 169 Å². The minimum Gasteiger partial charge on any atom is -0.494 e. The average molecular weight is 384 g/mol. The predicted octanol–water partition coefficient (Wildman–Crippen LogP) is 5.72. The smallest absolute Gasteiger partial charge is 0.285 e. The number of aromatic nitrogens is 1. The van der Waals surface area contributed by atoms with Gasteiger partial charge in [-0.05, 0) is 55.5 Å². The number of carbonyl (C=O) groups excluding carboxylic acids is 1. The topological polar surface area (TPSA) is 55.6 Å². The number of ether oxygens (including phenoxy) is 1. The number of carbonyl (C=O) groups is 1. The molecule has 1 aromatic heterocycles. The number of anilines is 2. The summed E-state index contributed by atoms with van der Waals surface area (Å²) in [6.07, 6.45) is 0. The number of amides is 1. The molecule has 5 heteroatoms. The summed E-state index contributed by atoms with van der Waals surface area (Å²) in [6, 6.07) is 28.1. The molecule has 0 unspecified atom stereocenters. The highest BCUT2D eigenvalue weighted by molar-refractivity contribution is 6.10. The van der Waals surface area contributed by atoms with E-state index in [2.05, 4.69) is 5.16 Å². The molecule has 3 aromatic carbocycles. The molecule has 0 aliphatic heterocycles. The van der Waals surface area contributed by atoms with Crippen LogP contribution in [0.25, 0.3) is 11.3 Å². The first kappa shape index (κ1) is 18.5. The van der Waals surface area contributed by atoms with Crippen LogP contribution >= 0.6 is 0 Å². The normalized spacial score (nSPS) is 10.5. The largest absolute Gasteiger partial charge is 0.494 e. The van der Waals surface area contributed by atoms with Crippen molar-refractivity contribution in [1.82, 2.24) is 5.16 Å². The molecule has 1 heterocycles. The van der Waals surface area contributed by atoms with E-state index in [0.717, 1.165) is 22.7 Å². The lowest BCUT2D eigenvalue weighted by Crippen LogP contribution is -2.26. The second kappa shape index (κ2) is 8.44. The van der Waals surface area contributed by atoms with Gasteiger partial charge >= 0.3 is 0 Å². The van der Waals surface area contributed by atoms with E-state index in [4.69, 9.17) is 9.26 Å². The molecule has 29 heavy (non-hydrogen) atoms. The van der Waals surface area contributed by atoms with E-state index in [-0.39, 0.29) is 11.6 Å². The SMILES string of the molecule is CCOc1ccc(-c2cc(C(=O)N(c3ccccc3)c3ccccc3)no2)cc1. The van der Waals surface area contributed by atoms with Gasteiger partial charge in [0.2, 0.25) is 0 Å². The minimum absolute atomic E-state index is 0.238. The minimum atomic E-state index is -0.261. The maximum Gasteiger partial charge on any atom is 0.285 e. The number of benzene rings is 3. The first-order valence-corrected chi connectivity index (χ1v) is 9.41. The molecule has 144 valence electrons. The quantitative estimate of drug-likeness (QED) is 0.427. The van der Waals surface area contributed by atoms with Gasteiger partial charge in [-0.3, -0.25) is 9.69 Å². The monoisotopic (exact) mass is 384 g/mol. The Kier molecular flexibility index (Phi) is 5.38. The number of hydrogen-bond acceptors (Lipinski definition) is 4. The Hall–Kier alpha value is -3.86. The van der Waals surface area contributed by atoms with Crippen LogP contribution in [0.1, 0.15) is 17.4 Å². The van der Waals surface area contributed by atoms with Crippen molar-refractivity contribution in [3.63, 3.8) is 0 Å². The highest BCUT2D eigenvalue weighted by Gasteiger charge is 2.23. The Morgan fingerprint density at radius 1 is 0.897 bits per heavy atom. The van der Waals surface area contributed by atoms with E-state index >= 15 is 0 Å². The van der Waals surface area contributed by atoms with Crippen molar-refractivity contribution in [1.29, 1.82) is 0 Å². The van der Waals surface area contributed by atoms with Gasteiger partial charge < -0.3 is 9.26 Å². The molecule has 4 aromatic rings. The molecule has 1 amide bonds. The third-order valence-corrected chi connectivity index (χ3v) is 4.41. The van der Waals surface area contributed by atoms with Gasteiger partial charge in [0.25, 0.3) is 5.91 Å². The average Bonchev–Trinajstić information content (AvgIpc) is 3.27. The first-order valence-electron chi connectivity index (χ1n) is 9.41. The third-order valence-electron chi connectivity index (χ3n) is 4.41. The van der Waals surface area contributed by atoms with Gasteiger partial charge in [0.15, 0.2) is 11.5 Å². The summed E-state index contributed by atoms with van der Waals surface area (Å²) in [7, 11) is 0. The summed E-state index contributed by atoms with van der Waals surface area (Å²) in [5, 5.41) is 4.03. The molecular weight excluding hydrogens is 364 g/mol. The van der Waals surface area contributed by atoms with Crippen LogP contribution in [0.2, 0.25) is 0 Å². The molecule has 0 aliphatic carbocycles. The fraction of sp³-hybridized carbons (Fsp3) is 0.0833. The fourth-order valence-corrected chi connectivity index (χ4v) is 3.05. The van der Waals surface area contributed by atoms with Gasteiger partial charge in [0.1, 0.15) is 5.75 Å².